The van der Waals surface area contributed by atoms with E-state index in [0.29, 0.717) is 32.4 Å². The van der Waals surface area contributed by atoms with Crippen LogP contribution in [0, 0.1) is 46.3 Å². The molecule has 4 aliphatic carbocycles. The van der Waals surface area contributed by atoms with Crippen LogP contribution < -0.4 is 5.32 Å². The zero-order valence-electron chi connectivity index (χ0n) is 29.7. The first kappa shape index (κ1) is 37.4. The molecule has 0 radical (unpaired) electrons. The Morgan fingerprint density at radius 1 is 1.09 bits per heavy atom. The topological polar surface area (TPSA) is 153 Å². The third-order valence-corrected chi connectivity index (χ3v) is 12.3. The molecule has 11 nitrogen and oxygen atoms in total. The lowest BCUT2D eigenvalue weighted by atomic mass is 9.43. The van der Waals surface area contributed by atoms with Crippen LogP contribution in [-0.4, -0.2) is 85.4 Å². The number of aliphatic hydroxyl groups excluding tert-OH is 1. The monoisotopic (exact) mass is 664 g/mol. The Labute approximate surface area is 280 Å². The summed E-state index contributed by atoms with van der Waals surface area (Å²) in [5.41, 5.74) is -0.996. The molecular formula is C36H60N2O9. The van der Waals surface area contributed by atoms with Crippen LogP contribution in [0.25, 0.3) is 0 Å². The van der Waals surface area contributed by atoms with E-state index in [-0.39, 0.29) is 71.6 Å². The molecule has 0 aromatic carbocycles. The number of nitrogens with zero attached hydrogens (tertiary/aromatic N) is 1. The first-order chi connectivity index (χ1) is 22.1. The molecular weight excluding hydrogens is 604 g/mol. The summed E-state index contributed by atoms with van der Waals surface area (Å²) in [5.74, 6) is 0.238. The largest absolute Gasteiger partial charge is 0.508 e. The summed E-state index contributed by atoms with van der Waals surface area (Å²) in [4.78, 5) is 40.6. The van der Waals surface area contributed by atoms with Crippen molar-refractivity contribution in [2.75, 3.05) is 26.8 Å². The van der Waals surface area contributed by atoms with E-state index in [4.69, 9.17) is 18.9 Å². The Balaban J connectivity index is 1.49. The van der Waals surface area contributed by atoms with Gasteiger partial charge in [0.15, 0.2) is 0 Å². The Morgan fingerprint density at radius 3 is 2.51 bits per heavy atom. The quantitative estimate of drug-likeness (QED) is 0.125. The van der Waals surface area contributed by atoms with Gasteiger partial charge in [0.1, 0.15) is 11.7 Å². The molecule has 11 heteroatoms. The van der Waals surface area contributed by atoms with E-state index in [1.807, 2.05) is 0 Å². The average Bonchev–Trinajstić information content (AvgIpc) is 3.34. The highest BCUT2D eigenvalue weighted by molar-refractivity contribution is 5.67. The van der Waals surface area contributed by atoms with Crippen molar-refractivity contribution in [2.24, 2.45) is 51.3 Å². The molecule has 3 N–H and O–H groups in total. The molecule has 11 atom stereocenters. The minimum absolute atomic E-state index is 0.0181. The van der Waals surface area contributed by atoms with Crippen molar-refractivity contribution in [3.63, 3.8) is 0 Å². The summed E-state index contributed by atoms with van der Waals surface area (Å²) in [6.45, 7) is 13.0. The van der Waals surface area contributed by atoms with E-state index in [0.717, 1.165) is 38.5 Å². The number of ether oxygens (including phenoxy) is 4. The van der Waals surface area contributed by atoms with Crippen molar-refractivity contribution in [1.29, 1.82) is 0 Å². The molecule has 0 aromatic heterocycles. The van der Waals surface area contributed by atoms with Gasteiger partial charge in [0, 0.05) is 32.1 Å². The van der Waals surface area contributed by atoms with Crippen LogP contribution >= 0.6 is 0 Å². The molecule has 4 rings (SSSR count). The number of carbonyl (C=O) groups excluding carboxylic acids is 2. The molecule has 4 aliphatic rings. The van der Waals surface area contributed by atoms with Crippen LogP contribution in [-0.2, 0) is 23.7 Å². The van der Waals surface area contributed by atoms with Crippen molar-refractivity contribution >= 4 is 24.4 Å². The Bertz CT molecular complexity index is 1120. The van der Waals surface area contributed by atoms with Gasteiger partial charge < -0.3 is 34.5 Å². The Morgan fingerprint density at radius 2 is 1.83 bits per heavy atom. The second-order valence-electron chi connectivity index (χ2n) is 16.1. The predicted octanol–water partition coefficient (Wildman–Crippen LogP) is 6.25. The molecule has 1 amide bonds. The van der Waals surface area contributed by atoms with E-state index < -0.39 is 29.9 Å². The van der Waals surface area contributed by atoms with Gasteiger partial charge in [0.25, 0.3) is 0 Å². The maximum atomic E-state index is 13.2. The lowest BCUT2D eigenvalue weighted by Crippen LogP contribution is -2.63. The summed E-state index contributed by atoms with van der Waals surface area (Å²) in [6.07, 6.45) is 6.97. The number of hydrogen-bond donors (Lipinski definition) is 3. The molecule has 268 valence electrons. The van der Waals surface area contributed by atoms with E-state index in [9.17, 15) is 24.6 Å². The molecule has 0 heterocycles. The van der Waals surface area contributed by atoms with Crippen molar-refractivity contribution in [3.8, 4) is 0 Å². The average molecular weight is 665 g/mol. The minimum Gasteiger partial charge on any atom is -0.481 e. The number of fused-ring (bicyclic) bond motifs is 5. The highest BCUT2D eigenvalue weighted by Crippen LogP contribution is 2.69. The van der Waals surface area contributed by atoms with Gasteiger partial charge in [-0.3, -0.25) is 9.79 Å². The van der Waals surface area contributed by atoms with Gasteiger partial charge in [-0.2, -0.15) is 0 Å². The van der Waals surface area contributed by atoms with Crippen LogP contribution in [0.4, 0.5) is 9.59 Å². The highest BCUT2D eigenvalue weighted by Gasteiger charge is 2.66. The number of rotatable bonds is 12. The number of hydrogen-bond acceptors (Lipinski definition) is 9. The standard InChI is InChI=1S/C36H60N2O9/c1-22(9-12-30(40)41)25-10-11-26-31-27(21-29(39)36(25,26)6)35(5)14-13-24(44-18-16-37-7)19-23(35)20-28(31)46-33(43)45-17-8-15-38-32(42)47-34(2,3)4/h16,22-29,31,39H,8-15,17-21H2,1-7H3,(H,38,42)(H,40,41)/t22-,23+,24+,25-,26+,27+,28-,29+,31+,35+,36-/m1/s1. The zero-order chi connectivity index (χ0) is 34.6. The van der Waals surface area contributed by atoms with Crippen molar-refractivity contribution in [2.45, 2.75) is 130 Å². The molecule has 0 unspecified atom stereocenters. The number of aliphatic carboxylic acids is 1. The maximum absolute atomic E-state index is 13.2. The van der Waals surface area contributed by atoms with Crippen molar-refractivity contribution in [1.82, 2.24) is 5.32 Å². The molecule has 4 saturated carbocycles. The summed E-state index contributed by atoms with van der Waals surface area (Å²) < 4.78 is 23.2. The fourth-order valence-electron chi connectivity index (χ4n) is 10.1. The van der Waals surface area contributed by atoms with Crippen molar-refractivity contribution in [3.05, 3.63) is 0 Å². The third kappa shape index (κ3) is 8.61. The van der Waals surface area contributed by atoms with Gasteiger partial charge in [-0.05, 0) is 119 Å². The van der Waals surface area contributed by atoms with E-state index in [1.165, 1.54) is 0 Å². The van der Waals surface area contributed by atoms with Gasteiger partial charge >= 0.3 is 18.2 Å². The highest BCUT2D eigenvalue weighted by atomic mass is 16.7. The van der Waals surface area contributed by atoms with E-state index >= 15 is 0 Å². The van der Waals surface area contributed by atoms with Crippen LogP contribution in [0.1, 0.15) is 106 Å². The Hall–Kier alpha value is -2.40. The fraction of sp³-hybridized carbons (Fsp3) is 0.889. The number of carboxylic acids is 1. The van der Waals surface area contributed by atoms with Gasteiger partial charge in [0.05, 0.1) is 25.4 Å². The Kier molecular flexibility index (Phi) is 12.3. The molecule has 0 aromatic rings. The summed E-state index contributed by atoms with van der Waals surface area (Å²) >= 11 is 0. The summed E-state index contributed by atoms with van der Waals surface area (Å²) in [6, 6.07) is 0. The first-order valence-electron chi connectivity index (χ1n) is 17.8. The number of nitrogens with one attached hydrogen (secondary N) is 1. The first-order valence-corrected chi connectivity index (χ1v) is 17.8. The van der Waals surface area contributed by atoms with E-state index in [2.05, 4.69) is 31.1 Å². The lowest BCUT2D eigenvalue weighted by Gasteiger charge is -2.64. The van der Waals surface area contributed by atoms with Gasteiger partial charge in [-0.25, -0.2) is 9.59 Å². The second kappa shape index (κ2) is 15.4. The van der Waals surface area contributed by atoms with Crippen LogP contribution in [0.2, 0.25) is 0 Å². The van der Waals surface area contributed by atoms with E-state index in [1.54, 1.807) is 34.0 Å². The number of aliphatic hydroxyl groups is 1. The normalized spacial score (nSPS) is 37.3. The van der Waals surface area contributed by atoms with Gasteiger partial charge in [0.2, 0.25) is 0 Å². The number of amides is 1. The molecule has 0 aliphatic heterocycles. The predicted molar refractivity (Wildman–Crippen MR) is 177 cm³/mol. The molecule has 4 fully saturated rings. The SMILES string of the molecule is CN=CCO[C@H]1CC[C@@]2(C)[C@@H](C1)C[C@@H](OC(=O)OCCCNC(=O)OC(C)(C)C)[C@@H]1[C@@H]2C[C@H](O)[C@]2(C)[C@@H]([C@H](C)CCC(=O)O)CC[C@@H]12. The fourth-order valence-corrected chi connectivity index (χ4v) is 10.1. The number of carboxylic acid groups (broad SMARTS) is 1. The van der Waals surface area contributed by atoms with Crippen molar-refractivity contribution < 1.29 is 43.5 Å². The number of aliphatic imine (C=N–C) groups is 1. The molecule has 47 heavy (non-hydrogen) atoms. The number of carbonyl (C=O) groups is 3. The molecule has 0 saturated heterocycles. The third-order valence-electron chi connectivity index (χ3n) is 12.3. The zero-order valence-corrected chi connectivity index (χ0v) is 29.7. The molecule has 0 spiro atoms. The molecule has 0 bridgehead atoms. The maximum Gasteiger partial charge on any atom is 0.508 e. The van der Waals surface area contributed by atoms with Crippen LogP contribution in [0.15, 0.2) is 4.99 Å². The van der Waals surface area contributed by atoms with Crippen LogP contribution in [0.3, 0.4) is 0 Å². The summed E-state index contributed by atoms with van der Waals surface area (Å²) in [5, 5.41) is 24.0. The smallest absolute Gasteiger partial charge is 0.481 e. The minimum atomic E-state index is -0.791. The lowest BCUT2D eigenvalue weighted by molar-refractivity contribution is -0.211. The van der Waals surface area contributed by atoms with Gasteiger partial charge in [-0.1, -0.05) is 20.8 Å². The second-order valence-corrected chi connectivity index (χ2v) is 16.1. The van der Waals surface area contributed by atoms with Gasteiger partial charge in [-0.15, -0.1) is 0 Å². The summed E-state index contributed by atoms with van der Waals surface area (Å²) in [7, 11) is 1.74. The number of alkyl carbamates (subject to hydrolysis) is 1. The van der Waals surface area contributed by atoms with Crippen LogP contribution in [0.5, 0.6) is 0 Å².